The van der Waals surface area contributed by atoms with Gasteiger partial charge in [-0.25, -0.2) is 13.2 Å². The number of carbonyl (C=O) groups excluding carboxylic acids is 2. The highest BCUT2D eigenvalue weighted by Crippen LogP contribution is 2.39. The van der Waals surface area contributed by atoms with Gasteiger partial charge in [0.25, 0.3) is 0 Å². The summed E-state index contributed by atoms with van der Waals surface area (Å²) in [4.78, 5) is 26.9. The number of sulfonamides is 1. The lowest BCUT2D eigenvalue weighted by Gasteiger charge is -2.31. The second kappa shape index (κ2) is 9.82. The smallest absolute Gasteiger partial charge is 0.341 e. The number of thiophene rings is 1. The number of carbonyl (C=O) groups is 2. The van der Waals surface area contributed by atoms with Crippen molar-refractivity contribution in [2.75, 3.05) is 32.6 Å². The van der Waals surface area contributed by atoms with Crippen LogP contribution in [0.4, 0.5) is 5.00 Å². The van der Waals surface area contributed by atoms with Gasteiger partial charge in [0.2, 0.25) is 15.9 Å². The van der Waals surface area contributed by atoms with Crippen LogP contribution in [0, 0.1) is 5.92 Å². The Hall–Kier alpha value is -2.43. The summed E-state index contributed by atoms with van der Waals surface area (Å²) < 4.78 is 37.7. The lowest BCUT2D eigenvalue weighted by Crippen LogP contribution is -2.43. The molecule has 10 heteroatoms. The van der Waals surface area contributed by atoms with Crippen LogP contribution >= 0.6 is 11.3 Å². The molecule has 8 nitrogen and oxygen atoms in total. The molecular formula is C23H28N2O6S2. The fourth-order valence-electron chi connectivity index (χ4n) is 4.46. The van der Waals surface area contributed by atoms with Crippen molar-refractivity contribution in [2.45, 2.75) is 43.4 Å². The normalized spacial score (nSPS) is 18.9. The first-order valence-corrected chi connectivity index (χ1v) is 13.3. The van der Waals surface area contributed by atoms with E-state index in [9.17, 15) is 18.0 Å². The summed E-state index contributed by atoms with van der Waals surface area (Å²) in [6.07, 6.45) is 4.91. The van der Waals surface area contributed by atoms with Crippen molar-refractivity contribution in [1.82, 2.24) is 4.31 Å². The number of ether oxygens (including phenoxy) is 2. The summed E-state index contributed by atoms with van der Waals surface area (Å²) in [7, 11) is -0.870. The molecular weight excluding hydrogens is 464 g/mol. The fourth-order valence-corrected chi connectivity index (χ4v) is 7.26. The number of methoxy groups -OCH3 is 2. The Balaban J connectivity index is 1.51. The predicted octanol–water partition coefficient (Wildman–Crippen LogP) is 3.46. The zero-order valence-corrected chi connectivity index (χ0v) is 20.4. The van der Waals surface area contributed by atoms with Gasteiger partial charge in [0.05, 0.1) is 30.6 Å². The van der Waals surface area contributed by atoms with Crippen LogP contribution < -0.4 is 10.1 Å². The average molecular weight is 493 g/mol. The number of nitrogens with one attached hydrogen (secondary N) is 1. The first-order valence-electron chi connectivity index (χ1n) is 11.0. The number of esters is 1. The fraction of sp³-hybridized carbons (Fsp3) is 0.478. The molecule has 1 atom stereocenters. The van der Waals surface area contributed by atoms with Crippen LogP contribution in [-0.2, 0) is 32.4 Å². The molecule has 1 aliphatic carbocycles. The number of piperidine rings is 1. The average Bonchev–Trinajstić information content (AvgIpc) is 3.21. The maximum absolute atomic E-state index is 13.1. The quantitative estimate of drug-likeness (QED) is 0.620. The van der Waals surface area contributed by atoms with Crippen molar-refractivity contribution >= 4 is 38.2 Å². The van der Waals surface area contributed by atoms with Crippen LogP contribution in [0.1, 0.15) is 46.5 Å². The number of anilines is 1. The third-order valence-corrected chi connectivity index (χ3v) is 9.34. The van der Waals surface area contributed by atoms with E-state index in [0.29, 0.717) is 35.7 Å². The van der Waals surface area contributed by atoms with E-state index >= 15 is 0 Å². The molecule has 178 valence electrons. The Bertz CT molecular complexity index is 1140. The molecule has 33 heavy (non-hydrogen) atoms. The minimum atomic E-state index is -3.73. The van der Waals surface area contributed by atoms with Gasteiger partial charge in [-0.1, -0.05) is 0 Å². The van der Waals surface area contributed by atoms with E-state index in [2.05, 4.69) is 5.32 Å². The van der Waals surface area contributed by atoms with Crippen LogP contribution in [0.15, 0.2) is 29.2 Å². The largest absolute Gasteiger partial charge is 0.497 e. The molecule has 1 N–H and O–H groups in total. The van der Waals surface area contributed by atoms with Crippen molar-refractivity contribution in [3.63, 3.8) is 0 Å². The molecule has 1 aromatic heterocycles. The minimum Gasteiger partial charge on any atom is -0.497 e. The van der Waals surface area contributed by atoms with E-state index < -0.39 is 21.9 Å². The van der Waals surface area contributed by atoms with E-state index in [1.54, 1.807) is 12.1 Å². The molecule has 1 saturated heterocycles. The molecule has 0 radical (unpaired) electrons. The third-order valence-electron chi connectivity index (χ3n) is 6.25. The van der Waals surface area contributed by atoms with E-state index in [4.69, 9.17) is 9.47 Å². The number of benzene rings is 1. The summed E-state index contributed by atoms with van der Waals surface area (Å²) in [5.41, 5.74) is 1.42. The number of nitrogens with zero attached hydrogens (tertiary/aromatic N) is 1. The Labute approximate surface area is 197 Å². The summed E-state index contributed by atoms with van der Waals surface area (Å²) in [6, 6.07) is 6.23. The van der Waals surface area contributed by atoms with E-state index in [1.165, 1.54) is 42.0 Å². The van der Waals surface area contributed by atoms with E-state index in [0.717, 1.165) is 36.1 Å². The highest BCUT2D eigenvalue weighted by molar-refractivity contribution is 7.89. The molecule has 1 aromatic carbocycles. The third kappa shape index (κ3) is 4.78. The molecule has 0 spiro atoms. The lowest BCUT2D eigenvalue weighted by molar-refractivity contribution is -0.120. The summed E-state index contributed by atoms with van der Waals surface area (Å²) in [6.45, 7) is 0.456. The van der Waals surface area contributed by atoms with Gasteiger partial charge in [-0.05, 0) is 68.4 Å². The number of hydrogen-bond acceptors (Lipinski definition) is 7. The van der Waals surface area contributed by atoms with Crippen LogP contribution in [0.25, 0.3) is 0 Å². The maximum Gasteiger partial charge on any atom is 0.341 e. The molecule has 0 bridgehead atoms. The Morgan fingerprint density at radius 1 is 1.09 bits per heavy atom. The topological polar surface area (TPSA) is 102 Å². The first kappa shape index (κ1) is 23.7. The van der Waals surface area contributed by atoms with Gasteiger partial charge < -0.3 is 14.8 Å². The molecule has 2 aromatic rings. The highest BCUT2D eigenvalue weighted by Gasteiger charge is 2.35. The molecule has 1 aliphatic heterocycles. The standard InChI is InChI=1S/C23H28N2O6S2/c1-30-16-9-11-17(12-10-16)33(28,29)25-13-5-6-15(14-25)21(26)24-22-20(23(27)31-2)18-7-3-4-8-19(18)32-22/h9-12,15H,3-8,13-14H2,1-2H3,(H,24,26). The Morgan fingerprint density at radius 2 is 1.82 bits per heavy atom. The second-order valence-corrected chi connectivity index (χ2v) is 11.3. The predicted molar refractivity (Wildman–Crippen MR) is 125 cm³/mol. The Kier molecular flexibility index (Phi) is 7.06. The van der Waals surface area contributed by atoms with Gasteiger partial charge in [0.1, 0.15) is 10.8 Å². The molecule has 0 saturated carbocycles. The van der Waals surface area contributed by atoms with Gasteiger partial charge in [0, 0.05) is 18.0 Å². The molecule has 2 heterocycles. The first-order chi connectivity index (χ1) is 15.8. The van der Waals surface area contributed by atoms with Crippen LogP contribution in [-0.4, -0.2) is 51.9 Å². The van der Waals surface area contributed by atoms with Crippen LogP contribution in [0.5, 0.6) is 5.75 Å². The highest BCUT2D eigenvalue weighted by atomic mass is 32.2. The number of fused-ring (bicyclic) bond motifs is 1. The lowest BCUT2D eigenvalue weighted by atomic mass is 9.95. The summed E-state index contributed by atoms with van der Waals surface area (Å²) >= 11 is 1.43. The van der Waals surface area contributed by atoms with Crippen LogP contribution in [0.3, 0.4) is 0 Å². The summed E-state index contributed by atoms with van der Waals surface area (Å²) in [5, 5.41) is 3.43. The van der Waals surface area contributed by atoms with E-state index in [1.807, 2.05) is 0 Å². The molecule has 4 rings (SSSR count). The van der Waals surface area contributed by atoms with Crippen LogP contribution in [0.2, 0.25) is 0 Å². The Morgan fingerprint density at radius 3 is 2.52 bits per heavy atom. The van der Waals surface area contributed by atoms with Gasteiger partial charge in [0.15, 0.2) is 0 Å². The van der Waals surface area contributed by atoms with Crippen molar-refractivity contribution in [2.24, 2.45) is 5.92 Å². The number of hydrogen-bond donors (Lipinski definition) is 1. The van der Waals surface area contributed by atoms with Gasteiger partial charge in [-0.15, -0.1) is 11.3 Å². The zero-order valence-electron chi connectivity index (χ0n) is 18.8. The van der Waals surface area contributed by atoms with E-state index in [-0.39, 0.29) is 17.3 Å². The van der Waals surface area contributed by atoms with Gasteiger partial charge in [-0.2, -0.15) is 4.31 Å². The zero-order chi connectivity index (χ0) is 23.6. The molecule has 1 unspecified atom stereocenters. The van der Waals surface area contributed by atoms with Crippen molar-refractivity contribution in [1.29, 1.82) is 0 Å². The SMILES string of the molecule is COC(=O)c1c(NC(=O)C2CCCN(S(=O)(=O)c3ccc(OC)cc3)C2)sc2c1CCCC2. The number of rotatable bonds is 6. The molecule has 1 amide bonds. The summed E-state index contributed by atoms with van der Waals surface area (Å²) in [5.74, 6) is -0.647. The second-order valence-electron chi connectivity index (χ2n) is 8.27. The minimum absolute atomic E-state index is 0.0961. The number of aryl methyl sites for hydroxylation is 1. The van der Waals surface area contributed by atoms with Crippen molar-refractivity contribution in [3.8, 4) is 5.75 Å². The molecule has 2 aliphatic rings. The monoisotopic (exact) mass is 492 g/mol. The van der Waals surface area contributed by atoms with Gasteiger partial charge in [-0.3, -0.25) is 4.79 Å². The molecule has 1 fully saturated rings. The van der Waals surface area contributed by atoms with Gasteiger partial charge >= 0.3 is 5.97 Å². The van der Waals surface area contributed by atoms with Crippen molar-refractivity contribution < 1.29 is 27.5 Å². The number of amides is 1. The maximum atomic E-state index is 13.1. The van der Waals surface area contributed by atoms with Crippen molar-refractivity contribution in [3.05, 3.63) is 40.3 Å².